The lowest BCUT2D eigenvalue weighted by Gasteiger charge is -2.64. The van der Waals surface area contributed by atoms with E-state index in [2.05, 4.69) is 113 Å². The van der Waals surface area contributed by atoms with E-state index < -0.39 is 0 Å². The Hall–Kier alpha value is -3.86. The van der Waals surface area contributed by atoms with E-state index in [1.54, 1.807) is 6.20 Å². The van der Waals surface area contributed by atoms with Gasteiger partial charge in [-0.3, -0.25) is 9.99 Å². The summed E-state index contributed by atoms with van der Waals surface area (Å²) in [5.74, 6) is 3.70. The molecule has 2 bridgehead atoms. The van der Waals surface area contributed by atoms with Crippen LogP contribution in [0.4, 0.5) is 11.4 Å². The van der Waals surface area contributed by atoms with Crippen molar-refractivity contribution < 1.29 is 0 Å². The maximum atomic E-state index is 6.89. The summed E-state index contributed by atoms with van der Waals surface area (Å²) in [4.78, 5) is 4.63. The molecule has 4 aromatic rings. The number of pyridine rings is 1. The highest BCUT2D eigenvalue weighted by Gasteiger charge is 2.60. The lowest BCUT2D eigenvalue weighted by atomic mass is 9.49. The zero-order valence-electron chi connectivity index (χ0n) is 24.0. The molecule has 8 rings (SSSR count). The minimum atomic E-state index is -0.158. The van der Waals surface area contributed by atoms with Crippen molar-refractivity contribution in [2.24, 2.45) is 18.4 Å². The Bertz CT molecular complexity index is 1740. The van der Waals surface area contributed by atoms with Gasteiger partial charge in [0, 0.05) is 54.2 Å². The highest BCUT2D eigenvalue weighted by Crippen LogP contribution is 2.60. The summed E-state index contributed by atoms with van der Waals surface area (Å²) in [5, 5.41) is 12.4. The number of aromatic nitrogens is 2. The van der Waals surface area contributed by atoms with Crippen LogP contribution in [0.15, 0.2) is 60.7 Å². The molecule has 0 radical (unpaired) electrons. The van der Waals surface area contributed by atoms with Crippen LogP contribution in [-0.2, 0) is 7.05 Å². The molecule has 0 unspecified atom stereocenters. The second-order valence-corrected chi connectivity index (χ2v) is 13.5. The predicted octanol–water partition coefficient (Wildman–Crippen LogP) is 6.69. The van der Waals surface area contributed by atoms with Gasteiger partial charge in [0.2, 0.25) is 0 Å². The zero-order valence-corrected chi connectivity index (χ0v) is 24.7. The first-order chi connectivity index (χ1) is 19.6. The van der Waals surface area contributed by atoms with Crippen molar-refractivity contribution in [1.82, 2.24) is 25.5 Å². The van der Waals surface area contributed by atoms with E-state index in [-0.39, 0.29) is 17.0 Å². The number of benzene rings is 2. The topological polar surface area (TPSA) is 69.2 Å². The number of nitrogens with zero attached hydrogens (tertiary/aromatic N) is 3. The van der Waals surface area contributed by atoms with Crippen LogP contribution in [0.25, 0.3) is 21.8 Å². The fraction of sp³-hybridized carbons (Fsp3) is 0.364. The molecule has 3 aliphatic carbocycles. The van der Waals surface area contributed by atoms with Crippen molar-refractivity contribution in [3.8, 4) is 12.3 Å². The first kappa shape index (κ1) is 26.1. The first-order valence-corrected chi connectivity index (χ1v) is 14.7. The number of hydrogen-bond donors (Lipinski definition) is 4. The Balaban J connectivity index is 1.32. The molecule has 0 spiro atoms. The minimum absolute atomic E-state index is 0.0699. The average molecular weight is 566 g/mol. The summed E-state index contributed by atoms with van der Waals surface area (Å²) in [6, 6.07) is 12.6. The maximum absolute atomic E-state index is 6.89. The van der Waals surface area contributed by atoms with E-state index in [1.807, 2.05) is 6.07 Å². The number of anilines is 2. The smallest absolute Gasteiger partial charge is 0.0950 e. The van der Waals surface area contributed by atoms with Gasteiger partial charge in [-0.15, -0.1) is 12.0 Å². The van der Waals surface area contributed by atoms with Crippen molar-refractivity contribution in [3.05, 3.63) is 76.8 Å². The number of nitrogens with one attached hydrogen (secondary N) is 4. The van der Waals surface area contributed by atoms with Gasteiger partial charge in [-0.25, -0.2) is 0 Å². The van der Waals surface area contributed by atoms with Gasteiger partial charge in [-0.2, -0.15) is 0 Å². The first-order valence-electron chi connectivity index (χ1n) is 14.3. The third-order valence-electron chi connectivity index (χ3n) is 8.88. The molecule has 3 heterocycles. The second kappa shape index (κ2) is 9.34. The van der Waals surface area contributed by atoms with Crippen LogP contribution in [0.1, 0.15) is 57.2 Å². The van der Waals surface area contributed by atoms with E-state index in [0.717, 1.165) is 46.0 Å². The van der Waals surface area contributed by atoms with Crippen LogP contribution < -0.4 is 21.6 Å². The Labute approximate surface area is 246 Å². The molecule has 1 atom stereocenters. The van der Waals surface area contributed by atoms with E-state index in [9.17, 15) is 0 Å². The lowest BCUT2D eigenvalue weighted by molar-refractivity contribution is -0.141. The van der Waals surface area contributed by atoms with Crippen molar-refractivity contribution in [1.29, 1.82) is 0 Å². The van der Waals surface area contributed by atoms with Gasteiger partial charge in [-0.1, -0.05) is 50.4 Å². The van der Waals surface area contributed by atoms with Crippen molar-refractivity contribution in [3.63, 3.8) is 0 Å². The van der Waals surface area contributed by atoms with Crippen LogP contribution >= 0.6 is 11.6 Å². The number of hydrogen-bond acceptors (Lipinski definition) is 6. The maximum Gasteiger partial charge on any atom is 0.0950 e. The van der Waals surface area contributed by atoms with Crippen LogP contribution in [0, 0.1) is 23.7 Å². The summed E-state index contributed by atoms with van der Waals surface area (Å²) in [6.45, 7) is 7.34. The van der Waals surface area contributed by atoms with Gasteiger partial charge >= 0.3 is 0 Å². The summed E-state index contributed by atoms with van der Waals surface area (Å²) in [5.41, 5.74) is 13.9. The van der Waals surface area contributed by atoms with Gasteiger partial charge in [0.05, 0.1) is 39.1 Å². The predicted molar refractivity (Wildman–Crippen MR) is 168 cm³/mol. The zero-order chi connectivity index (χ0) is 28.5. The van der Waals surface area contributed by atoms with Crippen LogP contribution in [0.3, 0.4) is 0 Å². The fourth-order valence-electron chi connectivity index (χ4n) is 6.52. The molecule has 7 nitrogen and oxygen atoms in total. The fourth-order valence-corrected chi connectivity index (χ4v) is 6.79. The molecule has 0 amide bonds. The Kier molecular flexibility index (Phi) is 5.93. The molecule has 2 aromatic heterocycles. The Morgan fingerprint density at radius 3 is 2.71 bits per heavy atom. The van der Waals surface area contributed by atoms with Crippen LogP contribution in [0.2, 0.25) is 5.02 Å². The molecule has 4 N–H and O–H groups in total. The van der Waals surface area contributed by atoms with Gasteiger partial charge in [0.1, 0.15) is 0 Å². The molecule has 8 heteroatoms. The van der Waals surface area contributed by atoms with E-state index in [0.29, 0.717) is 5.02 Å². The molecule has 4 aliphatic rings. The normalized spacial score (nSPS) is 22.0. The van der Waals surface area contributed by atoms with Gasteiger partial charge in [-0.05, 0) is 60.4 Å². The van der Waals surface area contributed by atoms with Crippen LogP contribution in [-0.4, -0.2) is 26.6 Å². The molecule has 0 saturated heterocycles. The van der Waals surface area contributed by atoms with E-state index in [4.69, 9.17) is 18.0 Å². The number of rotatable bonds is 7. The number of fused-ring (bicyclic) bond motifs is 2. The molecule has 210 valence electrons. The summed E-state index contributed by atoms with van der Waals surface area (Å²) < 4.78 is 2.16. The van der Waals surface area contributed by atoms with Crippen LogP contribution in [0.5, 0.6) is 0 Å². The molecular weight excluding hydrogens is 530 g/mol. The highest BCUT2D eigenvalue weighted by molar-refractivity contribution is 6.35. The quantitative estimate of drug-likeness (QED) is 0.187. The minimum Gasteiger partial charge on any atom is -0.383 e. The summed E-state index contributed by atoms with van der Waals surface area (Å²) >= 11 is 6.89. The van der Waals surface area contributed by atoms with Crippen molar-refractivity contribution in [2.75, 3.05) is 17.2 Å². The third-order valence-corrected chi connectivity index (χ3v) is 9.16. The van der Waals surface area contributed by atoms with Gasteiger partial charge in [0.15, 0.2) is 0 Å². The Morgan fingerprint density at radius 1 is 1.20 bits per heavy atom. The molecule has 41 heavy (non-hydrogen) atoms. The summed E-state index contributed by atoms with van der Waals surface area (Å²) in [6.07, 6.45) is 15.8. The second-order valence-electron chi connectivity index (χ2n) is 13.1. The number of hydrazine groups is 2. The number of terminal acetylenes is 1. The average Bonchev–Trinajstić information content (AvgIpc) is 3.51. The van der Waals surface area contributed by atoms with Crippen molar-refractivity contribution >= 4 is 44.8 Å². The van der Waals surface area contributed by atoms with E-state index >= 15 is 0 Å². The highest BCUT2D eigenvalue weighted by atomic mass is 35.5. The monoisotopic (exact) mass is 565 g/mol. The number of aryl methyl sites for hydroxylation is 1. The van der Waals surface area contributed by atoms with Crippen molar-refractivity contribution in [2.45, 2.75) is 51.6 Å². The molecule has 3 saturated carbocycles. The van der Waals surface area contributed by atoms with Gasteiger partial charge < -0.3 is 20.6 Å². The standard InChI is InChI=1S/C33H36ClN7/c1-6-21-17-35-30-25(29(21)36-19-32(2,3)4)12-22(13-26(30)34)37-31(24-8-7-9-28-23(24)10-11-40(28)5)27-18-41(39-38-27)33-14-20(15-33)16-33/h1,7-13,17-18,20,31,37-39H,14-16,19H2,2-5H3,(H,35,36)/t20?,31-,33?/m0/s1. The third kappa shape index (κ3) is 4.37. The largest absolute Gasteiger partial charge is 0.383 e. The SMILES string of the molecule is C#Cc1cnc2c(Cl)cc(N[C@H](C3=CN(C45CC(C4)C5)NN3)c3cccc4c3ccn4C)cc2c1NCC(C)(C)C. The molecule has 3 fully saturated rings. The van der Waals surface area contributed by atoms with E-state index in [1.165, 1.54) is 35.7 Å². The summed E-state index contributed by atoms with van der Waals surface area (Å²) in [7, 11) is 2.08. The molecule has 1 aliphatic heterocycles. The molecule has 2 aromatic carbocycles. The Morgan fingerprint density at radius 2 is 2.00 bits per heavy atom. The number of halogens is 1. The lowest BCUT2D eigenvalue weighted by Crippen LogP contribution is -2.69. The molecular formula is C33H36ClN7. The van der Waals surface area contributed by atoms with Gasteiger partial charge in [0.25, 0.3) is 0 Å².